The molecule has 6 unspecified atom stereocenters. The Kier molecular flexibility index (Phi) is 4.08. The first-order valence-electron chi connectivity index (χ1n) is 8.10. The van der Waals surface area contributed by atoms with Gasteiger partial charge in [0.15, 0.2) is 0 Å². The summed E-state index contributed by atoms with van der Waals surface area (Å²) < 4.78 is 16.4. The highest BCUT2D eigenvalue weighted by Gasteiger charge is 2.74. The molecule has 0 aromatic rings. The van der Waals surface area contributed by atoms with Crippen molar-refractivity contribution in [1.82, 2.24) is 0 Å². The summed E-state index contributed by atoms with van der Waals surface area (Å²) in [5.41, 5.74) is 1.55. The van der Waals surface area contributed by atoms with Gasteiger partial charge in [-0.1, -0.05) is 20.1 Å². The number of fused-ring (bicyclic) bond motifs is 5. The first-order chi connectivity index (χ1) is 10.8. The molecule has 6 atom stereocenters. The third-order valence-electron chi connectivity index (χ3n) is 5.22. The van der Waals surface area contributed by atoms with Crippen molar-refractivity contribution >= 4 is 11.9 Å². The fourth-order valence-electron chi connectivity index (χ4n) is 4.34. The molecule has 0 radical (unpaired) electrons. The summed E-state index contributed by atoms with van der Waals surface area (Å²) in [5, 5.41) is 0. The first kappa shape index (κ1) is 16.2. The Bertz CT molecular complexity index is 518. The van der Waals surface area contributed by atoms with Gasteiger partial charge in [-0.2, -0.15) is 0 Å². The van der Waals surface area contributed by atoms with Gasteiger partial charge in [0.05, 0.1) is 24.0 Å². The van der Waals surface area contributed by atoms with Crippen molar-refractivity contribution in [3.8, 4) is 0 Å². The zero-order valence-corrected chi connectivity index (χ0v) is 13.9. The molecule has 1 saturated heterocycles. The molecule has 0 amide bonds. The van der Waals surface area contributed by atoms with E-state index in [0.717, 1.165) is 11.1 Å². The van der Waals surface area contributed by atoms with Gasteiger partial charge in [0.1, 0.15) is 13.2 Å². The number of hydrogen-bond donors (Lipinski definition) is 0. The van der Waals surface area contributed by atoms with Crippen LogP contribution in [0, 0.1) is 29.6 Å². The van der Waals surface area contributed by atoms with Gasteiger partial charge in [0.2, 0.25) is 0 Å². The normalized spacial score (nSPS) is 39.5. The maximum atomic E-state index is 12.6. The van der Waals surface area contributed by atoms with Crippen LogP contribution in [0.3, 0.4) is 0 Å². The highest BCUT2D eigenvalue weighted by molar-refractivity contribution is 5.84. The lowest BCUT2D eigenvalue weighted by Gasteiger charge is -2.25. The average Bonchev–Trinajstić information content (AvgIpc) is 3.16. The van der Waals surface area contributed by atoms with Crippen LogP contribution in [-0.2, 0) is 23.8 Å². The van der Waals surface area contributed by atoms with E-state index in [-0.39, 0.29) is 55.1 Å². The summed E-state index contributed by atoms with van der Waals surface area (Å²) in [6.45, 7) is 13.5. The van der Waals surface area contributed by atoms with E-state index in [9.17, 15) is 9.59 Å². The van der Waals surface area contributed by atoms with Gasteiger partial charge in [0, 0.05) is 11.8 Å². The first-order valence-corrected chi connectivity index (χ1v) is 8.10. The maximum absolute atomic E-state index is 12.6. The third kappa shape index (κ3) is 2.71. The molecule has 1 aliphatic heterocycles. The number of epoxide rings is 1. The van der Waals surface area contributed by atoms with E-state index in [2.05, 4.69) is 20.1 Å². The highest BCUT2D eigenvalue weighted by atomic mass is 16.6. The van der Waals surface area contributed by atoms with Gasteiger partial charge in [-0.3, -0.25) is 9.59 Å². The molecule has 0 spiro atoms. The van der Waals surface area contributed by atoms with Crippen molar-refractivity contribution < 1.29 is 23.8 Å². The van der Waals surface area contributed by atoms with Crippen molar-refractivity contribution in [3.63, 3.8) is 0 Å². The summed E-state index contributed by atoms with van der Waals surface area (Å²) >= 11 is 0. The van der Waals surface area contributed by atoms with Crippen molar-refractivity contribution in [2.75, 3.05) is 13.2 Å². The molecule has 2 bridgehead atoms. The van der Waals surface area contributed by atoms with Crippen LogP contribution in [0.4, 0.5) is 0 Å². The average molecular weight is 320 g/mol. The van der Waals surface area contributed by atoms with E-state index in [1.165, 1.54) is 0 Å². The SMILES string of the molecule is C=C(C)COC(=O)C1C(C(=O)OCC(=C)C)C2C(C)C1C1OC12. The zero-order chi connectivity index (χ0) is 16.9. The van der Waals surface area contributed by atoms with Gasteiger partial charge < -0.3 is 14.2 Å². The molecule has 1 heterocycles. The van der Waals surface area contributed by atoms with Crippen LogP contribution in [0.5, 0.6) is 0 Å². The number of carbonyl (C=O) groups is 2. The second-order valence-electron chi connectivity index (χ2n) is 7.26. The van der Waals surface area contributed by atoms with E-state index in [0.29, 0.717) is 0 Å². The Morgan fingerprint density at radius 3 is 1.65 bits per heavy atom. The molecule has 5 nitrogen and oxygen atoms in total. The van der Waals surface area contributed by atoms with Crippen LogP contribution < -0.4 is 0 Å². The molecule has 0 N–H and O–H groups in total. The maximum Gasteiger partial charge on any atom is 0.310 e. The topological polar surface area (TPSA) is 65.1 Å². The monoisotopic (exact) mass is 320 g/mol. The standard InChI is InChI=1S/C18H24O5/c1-8(2)6-21-17(19)13-11-10(5)12(16-15(11)23-16)14(13)18(20)22-7-9(3)4/h10-16H,1,3,6-7H2,2,4-5H3. The van der Waals surface area contributed by atoms with Gasteiger partial charge in [-0.15, -0.1) is 0 Å². The molecule has 3 rings (SSSR count). The minimum atomic E-state index is -0.476. The predicted molar refractivity (Wildman–Crippen MR) is 83.3 cm³/mol. The number of esters is 2. The Labute approximate surface area is 136 Å². The van der Waals surface area contributed by atoms with Crippen molar-refractivity contribution in [1.29, 1.82) is 0 Å². The summed E-state index contributed by atoms with van der Waals surface area (Å²) in [5.74, 6) is -1.26. The van der Waals surface area contributed by atoms with E-state index < -0.39 is 11.8 Å². The third-order valence-corrected chi connectivity index (χ3v) is 5.22. The van der Waals surface area contributed by atoms with Gasteiger partial charge in [-0.05, 0) is 30.9 Å². The highest BCUT2D eigenvalue weighted by Crippen LogP contribution is 2.64. The fraction of sp³-hybridized carbons (Fsp3) is 0.667. The molecule has 126 valence electrons. The predicted octanol–water partition coefficient (Wildman–Crippen LogP) is 2.12. The minimum Gasteiger partial charge on any atom is -0.461 e. The Morgan fingerprint density at radius 2 is 1.30 bits per heavy atom. The summed E-state index contributed by atoms with van der Waals surface area (Å²) in [4.78, 5) is 25.1. The fourth-order valence-corrected chi connectivity index (χ4v) is 4.34. The molecule has 2 aliphatic carbocycles. The molecular weight excluding hydrogens is 296 g/mol. The quantitative estimate of drug-likeness (QED) is 0.426. The zero-order valence-electron chi connectivity index (χ0n) is 13.9. The molecular formula is C18H24O5. The second-order valence-corrected chi connectivity index (χ2v) is 7.26. The lowest BCUT2D eigenvalue weighted by molar-refractivity contribution is -0.161. The molecule has 0 aromatic carbocycles. The number of ether oxygens (including phenoxy) is 3. The molecule has 23 heavy (non-hydrogen) atoms. The Morgan fingerprint density at radius 1 is 0.913 bits per heavy atom. The molecule has 0 aromatic heterocycles. The molecule has 5 heteroatoms. The summed E-state index contributed by atoms with van der Waals surface area (Å²) in [6.07, 6.45) is 0.199. The largest absolute Gasteiger partial charge is 0.461 e. The molecule has 3 fully saturated rings. The van der Waals surface area contributed by atoms with E-state index in [4.69, 9.17) is 14.2 Å². The Balaban J connectivity index is 1.77. The van der Waals surface area contributed by atoms with Crippen molar-refractivity contribution in [2.24, 2.45) is 29.6 Å². The Hall–Kier alpha value is -1.62. The van der Waals surface area contributed by atoms with Crippen LogP contribution in [0.1, 0.15) is 20.8 Å². The number of rotatable bonds is 6. The van der Waals surface area contributed by atoms with Crippen LogP contribution in [-0.4, -0.2) is 37.4 Å². The van der Waals surface area contributed by atoms with Gasteiger partial charge in [0.25, 0.3) is 0 Å². The van der Waals surface area contributed by atoms with Crippen LogP contribution >= 0.6 is 0 Å². The van der Waals surface area contributed by atoms with E-state index in [1.54, 1.807) is 13.8 Å². The molecule has 2 saturated carbocycles. The van der Waals surface area contributed by atoms with Crippen molar-refractivity contribution in [3.05, 3.63) is 24.3 Å². The van der Waals surface area contributed by atoms with E-state index in [1.807, 2.05) is 0 Å². The van der Waals surface area contributed by atoms with Crippen molar-refractivity contribution in [2.45, 2.75) is 33.0 Å². The van der Waals surface area contributed by atoms with Crippen LogP contribution in [0.2, 0.25) is 0 Å². The summed E-state index contributed by atoms with van der Waals surface area (Å²) in [7, 11) is 0. The summed E-state index contributed by atoms with van der Waals surface area (Å²) in [6, 6.07) is 0. The lowest BCUT2D eigenvalue weighted by Crippen LogP contribution is -2.40. The lowest BCUT2D eigenvalue weighted by atomic mass is 9.79. The van der Waals surface area contributed by atoms with Gasteiger partial charge >= 0.3 is 11.9 Å². The smallest absolute Gasteiger partial charge is 0.310 e. The number of hydrogen-bond acceptors (Lipinski definition) is 5. The van der Waals surface area contributed by atoms with Crippen LogP contribution in [0.25, 0.3) is 0 Å². The van der Waals surface area contributed by atoms with E-state index >= 15 is 0 Å². The second kappa shape index (κ2) is 5.78. The minimum absolute atomic E-state index is 0.0463. The van der Waals surface area contributed by atoms with Crippen LogP contribution in [0.15, 0.2) is 24.3 Å². The molecule has 3 aliphatic rings. The number of carbonyl (C=O) groups excluding carboxylic acids is 2. The van der Waals surface area contributed by atoms with Gasteiger partial charge in [-0.25, -0.2) is 0 Å².